The number of rotatable bonds is 19. The Morgan fingerprint density at radius 3 is 1.08 bits per heavy atom. The second kappa shape index (κ2) is 21.3. The monoisotopic (exact) mass is 354 g/mol. The second-order valence-electron chi connectivity index (χ2n) is 7.49. The molecule has 0 saturated carbocycles. The highest BCUT2D eigenvalue weighted by molar-refractivity contribution is 5.73. The quantitative estimate of drug-likeness (QED) is 0.242. The molecule has 0 aromatic carbocycles. The SMILES string of the molecule is CCCCCCCCCCCNC(=O)NCCCCCCCCCC. The summed E-state index contributed by atoms with van der Waals surface area (Å²) in [4.78, 5) is 11.7. The molecular weight excluding hydrogens is 308 g/mol. The molecule has 0 saturated heterocycles. The molecule has 0 aliphatic carbocycles. The molecule has 0 spiro atoms. The summed E-state index contributed by atoms with van der Waals surface area (Å²) in [6.45, 7) is 6.16. The van der Waals surface area contributed by atoms with Gasteiger partial charge in [0, 0.05) is 13.1 Å². The van der Waals surface area contributed by atoms with Crippen LogP contribution in [0, 0.1) is 0 Å². The topological polar surface area (TPSA) is 41.1 Å². The van der Waals surface area contributed by atoms with E-state index in [0.29, 0.717) is 0 Å². The van der Waals surface area contributed by atoms with E-state index in [1.165, 1.54) is 96.3 Å². The lowest BCUT2D eigenvalue weighted by molar-refractivity contribution is 0.240. The van der Waals surface area contributed by atoms with Crippen molar-refractivity contribution in [3.05, 3.63) is 0 Å². The Balaban J connectivity index is 3.13. The molecule has 2 amide bonds. The average molecular weight is 355 g/mol. The number of unbranched alkanes of at least 4 members (excludes halogenated alkanes) is 15. The minimum absolute atomic E-state index is 0.0162. The summed E-state index contributed by atoms with van der Waals surface area (Å²) in [6, 6.07) is 0.0162. The van der Waals surface area contributed by atoms with Crippen molar-refractivity contribution in [1.29, 1.82) is 0 Å². The third kappa shape index (κ3) is 21.2. The summed E-state index contributed by atoms with van der Waals surface area (Å²) in [5.74, 6) is 0. The Morgan fingerprint density at radius 2 is 0.760 bits per heavy atom. The summed E-state index contributed by atoms with van der Waals surface area (Å²) < 4.78 is 0. The number of carbonyl (C=O) groups excluding carboxylic acids is 1. The summed E-state index contributed by atoms with van der Waals surface area (Å²) in [5.41, 5.74) is 0. The molecule has 25 heavy (non-hydrogen) atoms. The van der Waals surface area contributed by atoms with Crippen molar-refractivity contribution >= 4 is 6.03 Å². The molecule has 0 aliphatic heterocycles. The van der Waals surface area contributed by atoms with Crippen LogP contribution < -0.4 is 10.6 Å². The Morgan fingerprint density at radius 1 is 0.480 bits per heavy atom. The highest BCUT2D eigenvalue weighted by atomic mass is 16.2. The third-order valence-electron chi connectivity index (χ3n) is 4.88. The van der Waals surface area contributed by atoms with Crippen LogP contribution >= 0.6 is 0 Å². The van der Waals surface area contributed by atoms with Crippen molar-refractivity contribution in [2.75, 3.05) is 13.1 Å². The zero-order valence-corrected chi connectivity index (χ0v) is 17.3. The summed E-state index contributed by atoms with van der Waals surface area (Å²) in [7, 11) is 0. The van der Waals surface area contributed by atoms with E-state index >= 15 is 0 Å². The second-order valence-corrected chi connectivity index (χ2v) is 7.49. The van der Waals surface area contributed by atoms with Gasteiger partial charge in [-0.25, -0.2) is 4.79 Å². The highest BCUT2D eigenvalue weighted by Gasteiger charge is 1.99. The maximum absolute atomic E-state index is 11.7. The number of hydrogen-bond acceptors (Lipinski definition) is 1. The van der Waals surface area contributed by atoms with Crippen LogP contribution in [0.25, 0.3) is 0 Å². The number of urea groups is 1. The molecular formula is C22H46N2O. The molecule has 2 N–H and O–H groups in total. The Bertz CT molecular complexity index is 269. The van der Waals surface area contributed by atoms with Gasteiger partial charge in [-0.3, -0.25) is 0 Å². The molecule has 0 bridgehead atoms. The minimum atomic E-state index is 0.0162. The maximum atomic E-state index is 11.7. The largest absolute Gasteiger partial charge is 0.338 e. The minimum Gasteiger partial charge on any atom is -0.338 e. The van der Waals surface area contributed by atoms with Crippen LogP contribution in [0.4, 0.5) is 4.79 Å². The van der Waals surface area contributed by atoms with Gasteiger partial charge in [0.1, 0.15) is 0 Å². The van der Waals surface area contributed by atoms with Crippen molar-refractivity contribution in [2.45, 2.75) is 123 Å². The van der Waals surface area contributed by atoms with Gasteiger partial charge in [0.2, 0.25) is 0 Å². The van der Waals surface area contributed by atoms with Gasteiger partial charge in [0.15, 0.2) is 0 Å². The van der Waals surface area contributed by atoms with E-state index in [9.17, 15) is 4.79 Å². The Labute approximate surface area is 158 Å². The number of carbonyl (C=O) groups is 1. The first-order chi connectivity index (χ1) is 12.3. The molecule has 0 aromatic rings. The van der Waals surface area contributed by atoms with Gasteiger partial charge in [-0.1, -0.05) is 110 Å². The molecule has 0 aromatic heterocycles. The van der Waals surface area contributed by atoms with Crippen LogP contribution in [0.5, 0.6) is 0 Å². The Hall–Kier alpha value is -0.730. The van der Waals surface area contributed by atoms with Crippen LogP contribution in [0.3, 0.4) is 0 Å². The molecule has 0 aliphatic rings. The predicted octanol–water partition coefficient (Wildman–Crippen LogP) is 6.96. The van der Waals surface area contributed by atoms with Crippen molar-refractivity contribution in [2.24, 2.45) is 0 Å². The molecule has 150 valence electrons. The zero-order chi connectivity index (χ0) is 18.4. The van der Waals surface area contributed by atoms with Crippen LogP contribution in [0.2, 0.25) is 0 Å². The molecule has 0 fully saturated rings. The van der Waals surface area contributed by atoms with Gasteiger partial charge in [-0.2, -0.15) is 0 Å². The van der Waals surface area contributed by atoms with Crippen molar-refractivity contribution < 1.29 is 4.79 Å². The third-order valence-corrected chi connectivity index (χ3v) is 4.88. The molecule has 3 heteroatoms. The lowest BCUT2D eigenvalue weighted by atomic mass is 10.1. The van der Waals surface area contributed by atoms with E-state index in [1.54, 1.807) is 0 Å². The number of amides is 2. The highest BCUT2D eigenvalue weighted by Crippen LogP contribution is 2.09. The lowest BCUT2D eigenvalue weighted by Crippen LogP contribution is -2.36. The predicted molar refractivity (Wildman–Crippen MR) is 111 cm³/mol. The number of nitrogens with one attached hydrogen (secondary N) is 2. The first kappa shape index (κ1) is 24.3. The fraction of sp³-hybridized carbons (Fsp3) is 0.955. The average Bonchev–Trinajstić information content (AvgIpc) is 2.62. The molecule has 0 radical (unpaired) electrons. The van der Waals surface area contributed by atoms with Gasteiger partial charge >= 0.3 is 6.03 Å². The summed E-state index contributed by atoms with van der Waals surface area (Å²) in [6.07, 6.45) is 22.4. The van der Waals surface area contributed by atoms with Gasteiger partial charge in [0.25, 0.3) is 0 Å². The van der Waals surface area contributed by atoms with Crippen molar-refractivity contribution in [3.8, 4) is 0 Å². The summed E-state index contributed by atoms with van der Waals surface area (Å²) in [5, 5.41) is 5.95. The van der Waals surface area contributed by atoms with E-state index in [0.717, 1.165) is 25.9 Å². The fourth-order valence-corrected chi connectivity index (χ4v) is 3.16. The van der Waals surface area contributed by atoms with Crippen LogP contribution in [-0.4, -0.2) is 19.1 Å². The lowest BCUT2D eigenvalue weighted by Gasteiger charge is -2.07. The maximum Gasteiger partial charge on any atom is 0.314 e. The zero-order valence-electron chi connectivity index (χ0n) is 17.3. The van der Waals surface area contributed by atoms with Crippen LogP contribution in [0.1, 0.15) is 123 Å². The normalized spacial score (nSPS) is 10.8. The van der Waals surface area contributed by atoms with Crippen LogP contribution in [-0.2, 0) is 0 Å². The fourth-order valence-electron chi connectivity index (χ4n) is 3.16. The smallest absolute Gasteiger partial charge is 0.314 e. The summed E-state index contributed by atoms with van der Waals surface area (Å²) >= 11 is 0. The van der Waals surface area contributed by atoms with E-state index in [4.69, 9.17) is 0 Å². The molecule has 3 nitrogen and oxygen atoms in total. The van der Waals surface area contributed by atoms with Crippen molar-refractivity contribution in [1.82, 2.24) is 10.6 Å². The standard InChI is InChI=1S/C22H46N2O/c1-3-5-7-9-11-13-15-17-19-21-24-22(25)23-20-18-16-14-12-10-8-6-4-2/h3-21H2,1-2H3,(H2,23,24,25). The first-order valence-corrected chi connectivity index (χ1v) is 11.3. The van der Waals surface area contributed by atoms with E-state index in [2.05, 4.69) is 24.5 Å². The molecule has 0 heterocycles. The van der Waals surface area contributed by atoms with E-state index in [-0.39, 0.29) is 6.03 Å². The van der Waals surface area contributed by atoms with Gasteiger partial charge in [0.05, 0.1) is 0 Å². The molecule has 0 atom stereocenters. The van der Waals surface area contributed by atoms with Crippen LogP contribution in [0.15, 0.2) is 0 Å². The Kier molecular flexibility index (Phi) is 20.7. The first-order valence-electron chi connectivity index (χ1n) is 11.3. The molecule has 0 rings (SSSR count). The van der Waals surface area contributed by atoms with Gasteiger partial charge < -0.3 is 10.6 Å². The number of hydrogen-bond donors (Lipinski definition) is 2. The van der Waals surface area contributed by atoms with E-state index < -0.39 is 0 Å². The van der Waals surface area contributed by atoms with Gasteiger partial charge in [-0.15, -0.1) is 0 Å². The van der Waals surface area contributed by atoms with Gasteiger partial charge in [-0.05, 0) is 12.8 Å². The van der Waals surface area contributed by atoms with E-state index in [1.807, 2.05) is 0 Å². The molecule has 0 unspecified atom stereocenters. The van der Waals surface area contributed by atoms with Crippen molar-refractivity contribution in [3.63, 3.8) is 0 Å².